The zero-order chi connectivity index (χ0) is 18.9. The Bertz CT molecular complexity index is 782. The molecule has 1 aliphatic heterocycles. The van der Waals surface area contributed by atoms with Gasteiger partial charge in [0.2, 0.25) is 6.33 Å². The van der Waals surface area contributed by atoms with E-state index in [0.29, 0.717) is 11.4 Å². The number of hydrogen-bond acceptors (Lipinski definition) is 8. The Morgan fingerprint density at radius 1 is 1.20 bits per heavy atom. The SMILES string of the molecule is COC(=O)C1=C(C)NC(C)=C(C(=O)OC)C1c1c([N+](=O)[O-])ncn1C. The van der Waals surface area contributed by atoms with Gasteiger partial charge in [0.25, 0.3) is 0 Å². The quantitative estimate of drug-likeness (QED) is 0.482. The van der Waals surface area contributed by atoms with Crippen LogP contribution < -0.4 is 5.32 Å². The molecule has 1 N–H and O–H groups in total. The first-order valence-corrected chi connectivity index (χ1v) is 7.25. The number of aryl methyl sites for hydroxylation is 1. The van der Waals surface area contributed by atoms with Crippen LogP contribution >= 0.6 is 0 Å². The maximum absolute atomic E-state index is 12.3. The fourth-order valence-corrected chi connectivity index (χ4v) is 2.93. The van der Waals surface area contributed by atoms with E-state index in [9.17, 15) is 19.7 Å². The second kappa shape index (κ2) is 6.75. The maximum Gasteiger partial charge on any atom is 0.385 e. The van der Waals surface area contributed by atoms with E-state index >= 15 is 0 Å². The molecule has 0 aliphatic carbocycles. The largest absolute Gasteiger partial charge is 0.466 e. The summed E-state index contributed by atoms with van der Waals surface area (Å²) in [5, 5.41) is 14.3. The molecule has 1 aliphatic rings. The second-order valence-corrected chi connectivity index (χ2v) is 5.44. The van der Waals surface area contributed by atoms with Gasteiger partial charge in [-0.2, -0.15) is 0 Å². The van der Waals surface area contributed by atoms with Crippen molar-refractivity contribution in [2.75, 3.05) is 14.2 Å². The summed E-state index contributed by atoms with van der Waals surface area (Å²) in [6.45, 7) is 3.25. The van der Waals surface area contributed by atoms with Crippen LogP contribution in [-0.4, -0.2) is 40.6 Å². The van der Waals surface area contributed by atoms with Crippen LogP contribution in [0.5, 0.6) is 0 Å². The van der Waals surface area contributed by atoms with Gasteiger partial charge < -0.3 is 29.5 Å². The Morgan fingerprint density at radius 3 is 2.08 bits per heavy atom. The summed E-state index contributed by atoms with van der Waals surface area (Å²) in [5.41, 5.74) is 1.11. The van der Waals surface area contributed by atoms with Gasteiger partial charge >= 0.3 is 17.8 Å². The number of dihydropyridines is 1. The van der Waals surface area contributed by atoms with Crippen LogP contribution in [0.25, 0.3) is 0 Å². The third kappa shape index (κ3) is 2.97. The molecule has 25 heavy (non-hydrogen) atoms. The minimum absolute atomic E-state index is 0.0835. The zero-order valence-corrected chi connectivity index (χ0v) is 14.4. The molecule has 10 heteroatoms. The van der Waals surface area contributed by atoms with E-state index in [1.807, 2.05) is 0 Å². The highest BCUT2D eigenvalue weighted by Crippen LogP contribution is 2.41. The molecule has 1 aromatic rings. The number of carbonyl (C=O) groups excluding carboxylic acids is 2. The van der Waals surface area contributed by atoms with Gasteiger partial charge in [-0.15, -0.1) is 0 Å². The zero-order valence-electron chi connectivity index (χ0n) is 14.4. The third-order valence-corrected chi connectivity index (χ3v) is 3.98. The van der Waals surface area contributed by atoms with Crippen molar-refractivity contribution in [3.63, 3.8) is 0 Å². The second-order valence-electron chi connectivity index (χ2n) is 5.44. The van der Waals surface area contributed by atoms with E-state index in [1.54, 1.807) is 20.9 Å². The van der Waals surface area contributed by atoms with E-state index in [-0.39, 0.29) is 16.8 Å². The molecule has 10 nitrogen and oxygen atoms in total. The van der Waals surface area contributed by atoms with Crippen LogP contribution in [0.3, 0.4) is 0 Å². The number of hydrogen-bond donors (Lipinski definition) is 1. The van der Waals surface area contributed by atoms with Crippen molar-refractivity contribution >= 4 is 17.8 Å². The van der Waals surface area contributed by atoms with Crippen molar-refractivity contribution in [3.05, 3.63) is 44.7 Å². The normalized spacial score (nSPS) is 15.1. The average molecular weight is 350 g/mol. The van der Waals surface area contributed by atoms with Crippen molar-refractivity contribution in [2.24, 2.45) is 7.05 Å². The van der Waals surface area contributed by atoms with Crippen molar-refractivity contribution in [3.8, 4) is 0 Å². The predicted molar refractivity (Wildman–Crippen MR) is 85.2 cm³/mol. The first-order chi connectivity index (χ1) is 11.7. The lowest BCUT2D eigenvalue weighted by Gasteiger charge is -2.29. The summed E-state index contributed by atoms with van der Waals surface area (Å²) in [6, 6.07) is 0. The molecule has 0 atom stereocenters. The van der Waals surface area contributed by atoms with Gasteiger partial charge in [0.05, 0.1) is 31.3 Å². The summed E-state index contributed by atoms with van der Waals surface area (Å²) in [7, 11) is 3.94. The van der Waals surface area contributed by atoms with Gasteiger partial charge in [-0.25, -0.2) is 9.59 Å². The molecule has 0 unspecified atom stereocenters. The predicted octanol–water partition coefficient (Wildman–Crippen LogP) is 0.909. The third-order valence-electron chi connectivity index (χ3n) is 3.98. The molecule has 2 rings (SSSR count). The number of rotatable bonds is 4. The van der Waals surface area contributed by atoms with Crippen molar-refractivity contribution in [2.45, 2.75) is 19.8 Å². The molecule has 1 aromatic heterocycles. The molecule has 2 heterocycles. The lowest BCUT2D eigenvalue weighted by molar-refractivity contribution is -0.390. The van der Waals surface area contributed by atoms with E-state index in [1.165, 1.54) is 25.1 Å². The lowest BCUT2D eigenvalue weighted by atomic mass is 9.82. The maximum atomic E-state index is 12.3. The number of aromatic nitrogens is 2. The van der Waals surface area contributed by atoms with E-state index in [4.69, 9.17) is 9.47 Å². The van der Waals surface area contributed by atoms with Crippen molar-refractivity contribution < 1.29 is 24.0 Å². The Balaban J connectivity index is 2.83. The minimum atomic E-state index is -1.05. The molecule has 0 aromatic carbocycles. The summed E-state index contributed by atoms with van der Waals surface area (Å²) < 4.78 is 11.0. The summed E-state index contributed by atoms with van der Waals surface area (Å²) in [5.74, 6) is -2.91. The molecule has 0 fully saturated rings. The lowest BCUT2D eigenvalue weighted by Crippen LogP contribution is -2.33. The molecule has 0 radical (unpaired) electrons. The van der Waals surface area contributed by atoms with Crippen LogP contribution in [0.4, 0.5) is 5.82 Å². The minimum Gasteiger partial charge on any atom is -0.466 e. The molecule has 0 saturated heterocycles. The summed E-state index contributed by atoms with van der Waals surface area (Å²) in [6.07, 6.45) is 1.25. The van der Waals surface area contributed by atoms with Gasteiger partial charge in [-0.05, 0) is 23.8 Å². The monoisotopic (exact) mass is 350 g/mol. The Hall–Kier alpha value is -3.17. The summed E-state index contributed by atoms with van der Waals surface area (Å²) in [4.78, 5) is 39.2. The fourth-order valence-electron chi connectivity index (χ4n) is 2.93. The molecular formula is C15H18N4O6. The van der Waals surface area contributed by atoms with Crippen LogP contribution in [0.15, 0.2) is 28.9 Å². The van der Waals surface area contributed by atoms with Gasteiger partial charge in [0, 0.05) is 18.4 Å². The van der Waals surface area contributed by atoms with Crippen LogP contribution in [-0.2, 0) is 26.1 Å². The van der Waals surface area contributed by atoms with Crippen LogP contribution in [0, 0.1) is 10.1 Å². The smallest absolute Gasteiger partial charge is 0.385 e. The van der Waals surface area contributed by atoms with Gasteiger partial charge in [-0.1, -0.05) is 0 Å². The number of imidazole rings is 1. The standard InChI is InChI=1S/C15H18N4O6/c1-7-9(14(20)24-4)11(10(8(2)17-7)15(21)25-5)12-13(19(22)23)16-6-18(12)3/h6,11,17H,1-5H3. The number of carbonyl (C=O) groups is 2. The molecular weight excluding hydrogens is 332 g/mol. The number of nitrogens with zero attached hydrogens (tertiary/aromatic N) is 3. The highest BCUT2D eigenvalue weighted by molar-refractivity contribution is 5.99. The molecule has 0 bridgehead atoms. The highest BCUT2D eigenvalue weighted by Gasteiger charge is 2.43. The molecule has 134 valence electrons. The van der Waals surface area contributed by atoms with Crippen molar-refractivity contribution in [1.29, 1.82) is 0 Å². The van der Waals surface area contributed by atoms with E-state index < -0.39 is 28.6 Å². The Kier molecular flexibility index (Phi) is 4.91. The van der Waals surface area contributed by atoms with E-state index in [0.717, 1.165) is 0 Å². The first kappa shape index (κ1) is 18.2. The number of nitrogens with one attached hydrogen (secondary N) is 1. The highest BCUT2D eigenvalue weighted by atomic mass is 16.6. The van der Waals surface area contributed by atoms with Gasteiger partial charge in [-0.3, -0.25) is 0 Å². The Morgan fingerprint density at radius 2 is 1.68 bits per heavy atom. The summed E-state index contributed by atoms with van der Waals surface area (Å²) >= 11 is 0. The first-order valence-electron chi connectivity index (χ1n) is 7.25. The molecule has 0 saturated carbocycles. The number of methoxy groups -OCH3 is 2. The van der Waals surface area contributed by atoms with Gasteiger partial charge in [0.1, 0.15) is 5.69 Å². The van der Waals surface area contributed by atoms with Crippen LogP contribution in [0.2, 0.25) is 0 Å². The fraction of sp³-hybridized carbons (Fsp3) is 0.400. The number of allylic oxidation sites excluding steroid dienone is 2. The molecule has 0 spiro atoms. The van der Waals surface area contributed by atoms with E-state index in [2.05, 4.69) is 10.3 Å². The van der Waals surface area contributed by atoms with Crippen LogP contribution in [0.1, 0.15) is 25.5 Å². The number of nitro groups is 1. The topological polar surface area (TPSA) is 126 Å². The molecule has 0 amide bonds. The number of esters is 2. The van der Waals surface area contributed by atoms with Gasteiger partial charge in [0.15, 0.2) is 0 Å². The number of ether oxygens (including phenoxy) is 2. The average Bonchev–Trinajstić information content (AvgIpc) is 2.94. The van der Waals surface area contributed by atoms with Crippen molar-refractivity contribution in [1.82, 2.24) is 14.9 Å². The Labute approximate surface area is 143 Å².